The minimum absolute atomic E-state index is 0.347. The fourth-order valence-electron chi connectivity index (χ4n) is 1.50. The Morgan fingerprint density at radius 3 is 2.67 bits per heavy atom. The summed E-state index contributed by atoms with van der Waals surface area (Å²) in [6.45, 7) is 3.90. The summed E-state index contributed by atoms with van der Waals surface area (Å²) in [5, 5.41) is 11.3. The number of carboxylic acids is 1. The molecule has 1 aromatic heterocycles. The van der Waals surface area contributed by atoms with Crippen molar-refractivity contribution in [2.24, 2.45) is 0 Å². The first-order chi connectivity index (χ1) is 8.45. The van der Waals surface area contributed by atoms with Gasteiger partial charge >= 0.3 is 12.0 Å². The number of carboxylic acid groups (broad SMARTS) is 1. The molecule has 0 fully saturated rings. The maximum atomic E-state index is 11.8. The molecule has 100 valence electrons. The van der Waals surface area contributed by atoms with Crippen molar-refractivity contribution < 1.29 is 19.1 Å². The van der Waals surface area contributed by atoms with Crippen LogP contribution in [-0.4, -0.2) is 35.1 Å². The lowest BCUT2D eigenvalue weighted by molar-refractivity contribution is -0.139. The van der Waals surface area contributed by atoms with Gasteiger partial charge in [-0.3, -0.25) is 0 Å². The predicted octanol–water partition coefficient (Wildman–Crippen LogP) is 1.59. The van der Waals surface area contributed by atoms with Crippen LogP contribution in [0.4, 0.5) is 4.79 Å². The minimum atomic E-state index is -1.03. The standard InChI is InChI=1S/C12H18N2O4/c1-4-10(11(15)16)13-12(17)14(3)7-9-5-6-18-8(9)2/h5-6,10H,4,7H2,1-3H3,(H,13,17)(H,15,16)/t10-/m0/s1. The number of hydrogen-bond acceptors (Lipinski definition) is 3. The summed E-state index contributed by atoms with van der Waals surface area (Å²) < 4.78 is 5.13. The van der Waals surface area contributed by atoms with Crippen LogP contribution in [0.25, 0.3) is 0 Å². The topological polar surface area (TPSA) is 82.8 Å². The average Bonchev–Trinajstić information content (AvgIpc) is 2.71. The number of nitrogens with one attached hydrogen (secondary N) is 1. The van der Waals surface area contributed by atoms with Gasteiger partial charge in [0.1, 0.15) is 11.8 Å². The fourth-order valence-corrected chi connectivity index (χ4v) is 1.50. The Morgan fingerprint density at radius 2 is 2.22 bits per heavy atom. The van der Waals surface area contributed by atoms with Crippen LogP contribution < -0.4 is 5.32 Å². The number of aryl methyl sites for hydroxylation is 1. The lowest BCUT2D eigenvalue weighted by Crippen LogP contribution is -2.46. The Balaban J connectivity index is 2.56. The normalized spacial score (nSPS) is 11.9. The van der Waals surface area contributed by atoms with Crippen molar-refractivity contribution in [3.8, 4) is 0 Å². The molecule has 2 amide bonds. The third-order valence-corrected chi connectivity index (χ3v) is 2.72. The Hall–Kier alpha value is -1.98. The highest BCUT2D eigenvalue weighted by Crippen LogP contribution is 2.11. The molecule has 0 saturated carbocycles. The average molecular weight is 254 g/mol. The van der Waals surface area contributed by atoms with Crippen molar-refractivity contribution in [1.82, 2.24) is 10.2 Å². The van der Waals surface area contributed by atoms with Gasteiger partial charge in [0.15, 0.2) is 0 Å². The van der Waals surface area contributed by atoms with Gasteiger partial charge in [0.25, 0.3) is 0 Å². The van der Waals surface area contributed by atoms with E-state index >= 15 is 0 Å². The van der Waals surface area contributed by atoms with Crippen molar-refractivity contribution >= 4 is 12.0 Å². The molecule has 0 radical (unpaired) electrons. The zero-order chi connectivity index (χ0) is 13.7. The smallest absolute Gasteiger partial charge is 0.326 e. The quantitative estimate of drug-likeness (QED) is 0.836. The van der Waals surface area contributed by atoms with E-state index in [1.165, 1.54) is 4.90 Å². The number of urea groups is 1. The van der Waals surface area contributed by atoms with Crippen LogP contribution in [0.2, 0.25) is 0 Å². The fraction of sp³-hybridized carbons (Fsp3) is 0.500. The van der Waals surface area contributed by atoms with E-state index in [2.05, 4.69) is 5.32 Å². The highest BCUT2D eigenvalue weighted by molar-refractivity contribution is 5.82. The molecule has 0 aliphatic rings. The van der Waals surface area contributed by atoms with Gasteiger partial charge in [0.05, 0.1) is 12.8 Å². The van der Waals surface area contributed by atoms with Gasteiger partial charge in [-0.2, -0.15) is 0 Å². The number of aliphatic carboxylic acids is 1. The summed E-state index contributed by atoms with van der Waals surface area (Å²) in [5.41, 5.74) is 0.899. The second kappa shape index (κ2) is 6.09. The van der Waals surface area contributed by atoms with Crippen molar-refractivity contribution in [3.63, 3.8) is 0 Å². The molecule has 6 nitrogen and oxygen atoms in total. The van der Waals surface area contributed by atoms with Gasteiger partial charge in [0.2, 0.25) is 0 Å². The molecule has 0 saturated heterocycles. The molecule has 0 aromatic carbocycles. The summed E-state index contributed by atoms with van der Waals surface area (Å²) in [6, 6.07) is 0.517. The number of amides is 2. The Morgan fingerprint density at radius 1 is 1.56 bits per heavy atom. The Labute approximate surface area is 106 Å². The number of hydrogen-bond donors (Lipinski definition) is 2. The van der Waals surface area contributed by atoms with E-state index in [9.17, 15) is 9.59 Å². The van der Waals surface area contributed by atoms with Gasteiger partial charge in [-0.25, -0.2) is 9.59 Å². The van der Waals surface area contributed by atoms with E-state index in [0.717, 1.165) is 11.3 Å². The Kier molecular flexibility index (Phi) is 4.76. The molecule has 2 N–H and O–H groups in total. The van der Waals surface area contributed by atoms with E-state index in [0.29, 0.717) is 13.0 Å². The largest absolute Gasteiger partial charge is 0.480 e. The highest BCUT2D eigenvalue weighted by Gasteiger charge is 2.20. The first kappa shape index (κ1) is 14.1. The molecule has 18 heavy (non-hydrogen) atoms. The maximum absolute atomic E-state index is 11.8. The molecule has 0 bridgehead atoms. The van der Waals surface area contributed by atoms with Crippen molar-refractivity contribution in [2.45, 2.75) is 32.9 Å². The molecule has 0 unspecified atom stereocenters. The second-order valence-electron chi connectivity index (χ2n) is 4.11. The van der Waals surface area contributed by atoms with E-state index in [4.69, 9.17) is 9.52 Å². The zero-order valence-corrected chi connectivity index (χ0v) is 10.8. The third kappa shape index (κ3) is 3.51. The van der Waals surface area contributed by atoms with E-state index in [1.54, 1.807) is 26.3 Å². The first-order valence-electron chi connectivity index (χ1n) is 5.73. The van der Waals surface area contributed by atoms with Crippen LogP contribution in [-0.2, 0) is 11.3 Å². The van der Waals surface area contributed by atoms with E-state index in [-0.39, 0.29) is 0 Å². The van der Waals surface area contributed by atoms with Gasteiger partial charge in [0, 0.05) is 12.6 Å². The lowest BCUT2D eigenvalue weighted by atomic mass is 10.2. The van der Waals surface area contributed by atoms with Gasteiger partial charge in [-0.1, -0.05) is 6.92 Å². The summed E-state index contributed by atoms with van der Waals surface area (Å²) >= 11 is 0. The molecule has 0 spiro atoms. The zero-order valence-electron chi connectivity index (χ0n) is 10.8. The third-order valence-electron chi connectivity index (χ3n) is 2.72. The summed E-state index contributed by atoms with van der Waals surface area (Å²) in [6.07, 6.45) is 1.90. The second-order valence-corrected chi connectivity index (χ2v) is 4.11. The molecule has 1 heterocycles. The molecule has 1 aromatic rings. The molecule has 6 heteroatoms. The van der Waals surface area contributed by atoms with Crippen LogP contribution in [0, 0.1) is 6.92 Å². The minimum Gasteiger partial charge on any atom is -0.480 e. The number of nitrogens with zero attached hydrogens (tertiary/aromatic N) is 1. The number of carbonyl (C=O) groups is 2. The summed E-state index contributed by atoms with van der Waals surface area (Å²) in [5.74, 6) is -0.279. The van der Waals surface area contributed by atoms with Crippen molar-refractivity contribution in [2.75, 3.05) is 7.05 Å². The van der Waals surface area contributed by atoms with Crippen LogP contribution in [0.1, 0.15) is 24.7 Å². The summed E-state index contributed by atoms with van der Waals surface area (Å²) in [4.78, 5) is 24.0. The molecule has 0 aliphatic heterocycles. The van der Waals surface area contributed by atoms with Gasteiger partial charge < -0.3 is 19.7 Å². The van der Waals surface area contributed by atoms with E-state index < -0.39 is 18.0 Å². The number of furan rings is 1. The van der Waals surface area contributed by atoms with Crippen LogP contribution in [0.5, 0.6) is 0 Å². The Bertz CT molecular complexity index is 427. The van der Waals surface area contributed by atoms with Gasteiger partial charge in [-0.05, 0) is 19.4 Å². The first-order valence-corrected chi connectivity index (χ1v) is 5.73. The van der Waals surface area contributed by atoms with Gasteiger partial charge in [-0.15, -0.1) is 0 Å². The molecular formula is C12H18N2O4. The molecular weight excluding hydrogens is 236 g/mol. The van der Waals surface area contributed by atoms with Crippen LogP contribution in [0.3, 0.4) is 0 Å². The maximum Gasteiger partial charge on any atom is 0.326 e. The van der Waals surface area contributed by atoms with Crippen molar-refractivity contribution in [3.05, 3.63) is 23.7 Å². The molecule has 1 rings (SSSR count). The molecule has 0 aliphatic carbocycles. The van der Waals surface area contributed by atoms with Crippen LogP contribution in [0.15, 0.2) is 16.7 Å². The predicted molar refractivity (Wildman–Crippen MR) is 65.2 cm³/mol. The van der Waals surface area contributed by atoms with Crippen molar-refractivity contribution in [1.29, 1.82) is 0 Å². The number of rotatable bonds is 5. The lowest BCUT2D eigenvalue weighted by Gasteiger charge is -2.20. The van der Waals surface area contributed by atoms with E-state index in [1.807, 2.05) is 6.92 Å². The molecule has 1 atom stereocenters. The number of carbonyl (C=O) groups excluding carboxylic acids is 1. The monoisotopic (exact) mass is 254 g/mol. The summed E-state index contributed by atoms with van der Waals surface area (Å²) in [7, 11) is 1.61. The van der Waals surface area contributed by atoms with Crippen LogP contribution >= 0.6 is 0 Å². The SMILES string of the molecule is CC[C@H](NC(=O)N(C)Cc1ccoc1C)C(=O)O. The highest BCUT2D eigenvalue weighted by atomic mass is 16.4.